The molecule has 26 heavy (non-hydrogen) atoms. The molecule has 0 aromatic carbocycles. The highest BCUT2D eigenvalue weighted by molar-refractivity contribution is 9.11. The van der Waals surface area contributed by atoms with Gasteiger partial charge < -0.3 is 15.0 Å². The third kappa shape index (κ3) is 4.27. The van der Waals surface area contributed by atoms with Crippen molar-refractivity contribution in [2.45, 2.75) is 45.3 Å². The molecule has 8 heteroatoms. The summed E-state index contributed by atoms with van der Waals surface area (Å²) in [5.41, 5.74) is 0.0631. The molecule has 3 heterocycles. The molecule has 0 spiro atoms. The van der Waals surface area contributed by atoms with Gasteiger partial charge >= 0.3 is 6.09 Å². The van der Waals surface area contributed by atoms with Gasteiger partial charge in [-0.25, -0.2) is 9.78 Å². The molecule has 1 saturated heterocycles. The van der Waals surface area contributed by atoms with E-state index in [1.165, 1.54) is 0 Å². The molecule has 1 aliphatic heterocycles. The van der Waals surface area contributed by atoms with Crippen molar-refractivity contribution >= 4 is 49.3 Å². The number of rotatable bonds is 2. The highest BCUT2D eigenvalue weighted by Crippen LogP contribution is 2.36. The Morgan fingerprint density at radius 1 is 1.54 bits per heavy atom. The Morgan fingerprint density at radius 3 is 3.00 bits per heavy atom. The predicted molar refractivity (Wildman–Crippen MR) is 106 cm³/mol. The molecule has 0 unspecified atom stereocenters. The molecule has 2 aromatic rings. The Labute approximate surface area is 165 Å². The molecule has 0 bridgehead atoms. The summed E-state index contributed by atoms with van der Waals surface area (Å²) in [5.74, 6) is 0.755. The number of ether oxygens (including phenoxy) is 1. The van der Waals surface area contributed by atoms with Crippen LogP contribution in [0.25, 0.3) is 10.1 Å². The number of amides is 1. The molecule has 1 fully saturated rings. The van der Waals surface area contributed by atoms with Crippen molar-refractivity contribution in [2.24, 2.45) is 0 Å². The highest BCUT2D eigenvalue weighted by atomic mass is 79.9. The Bertz CT molecular complexity index is 868. The number of anilines is 1. The number of nitrogens with zero attached hydrogens (tertiary/aromatic N) is 3. The standard InChI is InChI=1S/C18H21BrN4O2S/c1-18(2,3)25-17(24)23-6-4-5-12(10-23)22-16-15-13(7-14(19)26-15)11(8-20)9-21-16/h7,9,12H,4-6,10H2,1-3H3,(H,21,22)/t12-/m0/s1. The third-order valence-corrected chi connectivity index (χ3v) is 5.71. The molecule has 3 rings (SSSR count). The first-order chi connectivity index (χ1) is 12.3. The number of nitrogens with one attached hydrogen (secondary N) is 1. The summed E-state index contributed by atoms with van der Waals surface area (Å²) in [4.78, 5) is 18.5. The fraction of sp³-hybridized carbons (Fsp3) is 0.500. The van der Waals surface area contributed by atoms with Crippen molar-refractivity contribution in [1.29, 1.82) is 5.26 Å². The van der Waals surface area contributed by atoms with Gasteiger partial charge in [-0.2, -0.15) is 5.26 Å². The third-order valence-electron chi connectivity index (χ3n) is 4.06. The molecule has 138 valence electrons. The lowest BCUT2D eigenvalue weighted by molar-refractivity contribution is 0.0206. The lowest BCUT2D eigenvalue weighted by Crippen LogP contribution is -2.47. The number of pyridine rings is 1. The molecule has 0 aliphatic carbocycles. The average Bonchev–Trinajstić information content (AvgIpc) is 2.96. The van der Waals surface area contributed by atoms with Gasteiger partial charge in [0.1, 0.15) is 17.5 Å². The first kappa shape index (κ1) is 18.9. The maximum Gasteiger partial charge on any atom is 0.410 e. The van der Waals surface area contributed by atoms with Crippen LogP contribution < -0.4 is 5.32 Å². The van der Waals surface area contributed by atoms with E-state index < -0.39 is 5.60 Å². The summed E-state index contributed by atoms with van der Waals surface area (Å²) in [6.07, 6.45) is 3.18. The van der Waals surface area contributed by atoms with Crippen LogP contribution in [0.1, 0.15) is 39.2 Å². The Kier molecular flexibility index (Phi) is 5.39. The number of likely N-dealkylation sites (tertiary alicyclic amines) is 1. The minimum absolute atomic E-state index is 0.0979. The minimum Gasteiger partial charge on any atom is -0.444 e. The second kappa shape index (κ2) is 7.41. The lowest BCUT2D eigenvalue weighted by atomic mass is 10.1. The number of hydrogen-bond donors (Lipinski definition) is 1. The minimum atomic E-state index is -0.498. The van der Waals surface area contributed by atoms with Crippen molar-refractivity contribution in [3.8, 4) is 6.07 Å². The van der Waals surface area contributed by atoms with E-state index in [4.69, 9.17) is 4.74 Å². The van der Waals surface area contributed by atoms with Gasteiger partial charge in [0.15, 0.2) is 0 Å². The number of nitriles is 1. The van der Waals surface area contributed by atoms with E-state index in [9.17, 15) is 10.1 Å². The van der Waals surface area contributed by atoms with Crippen molar-refractivity contribution in [1.82, 2.24) is 9.88 Å². The number of thiophene rings is 1. The first-order valence-electron chi connectivity index (χ1n) is 8.49. The quantitative estimate of drug-likeness (QED) is 0.734. The van der Waals surface area contributed by atoms with Gasteiger partial charge in [0.2, 0.25) is 0 Å². The van der Waals surface area contributed by atoms with E-state index in [0.29, 0.717) is 18.7 Å². The van der Waals surface area contributed by atoms with Gasteiger partial charge in [-0.05, 0) is 55.6 Å². The van der Waals surface area contributed by atoms with Gasteiger partial charge in [-0.1, -0.05) is 0 Å². The van der Waals surface area contributed by atoms with Gasteiger partial charge in [-0.15, -0.1) is 11.3 Å². The second-order valence-electron chi connectivity index (χ2n) is 7.34. The number of aromatic nitrogens is 1. The van der Waals surface area contributed by atoms with Crippen LogP contribution in [-0.2, 0) is 4.74 Å². The second-order valence-corrected chi connectivity index (χ2v) is 9.77. The number of fused-ring (bicyclic) bond motifs is 1. The van der Waals surface area contributed by atoms with Gasteiger partial charge in [0.05, 0.1) is 14.0 Å². The SMILES string of the molecule is CC(C)(C)OC(=O)N1CCC[C@H](Nc2ncc(C#N)c3cc(Br)sc23)C1. The van der Waals surface area contributed by atoms with Crippen LogP contribution in [0, 0.1) is 11.3 Å². The smallest absolute Gasteiger partial charge is 0.410 e. The summed E-state index contributed by atoms with van der Waals surface area (Å²) in [5, 5.41) is 13.6. The molecule has 6 nitrogen and oxygen atoms in total. The fourth-order valence-corrected chi connectivity index (χ4v) is 4.54. The van der Waals surface area contributed by atoms with Crippen LogP contribution in [0.4, 0.5) is 10.6 Å². The van der Waals surface area contributed by atoms with Crippen molar-refractivity contribution in [2.75, 3.05) is 18.4 Å². The molecule has 2 aromatic heterocycles. The van der Waals surface area contributed by atoms with Gasteiger partial charge in [0.25, 0.3) is 0 Å². The highest BCUT2D eigenvalue weighted by Gasteiger charge is 2.28. The normalized spacial score (nSPS) is 17.8. The zero-order valence-electron chi connectivity index (χ0n) is 15.0. The lowest BCUT2D eigenvalue weighted by Gasteiger charge is -2.34. The molecule has 1 amide bonds. The van der Waals surface area contributed by atoms with E-state index in [-0.39, 0.29) is 12.1 Å². The van der Waals surface area contributed by atoms with Crippen LogP contribution in [0.3, 0.4) is 0 Å². The summed E-state index contributed by atoms with van der Waals surface area (Å²) in [6.45, 7) is 6.89. The number of carbonyl (C=O) groups is 1. The van der Waals surface area contributed by atoms with E-state index >= 15 is 0 Å². The topological polar surface area (TPSA) is 78.2 Å². The predicted octanol–water partition coefficient (Wildman–Crippen LogP) is 4.74. The number of halogens is 1. The zero-order chi connectivity index (χ0) is 18.9. The van der Waals surface area contributed by atoms with Crippen LogP contribution in [-0.4, -0.2) is 40.7 Å². The molecule has 0 saturated carbocycles. The number of hydrogen-bond acceptors (Lipinski definition) is 6. The Morgan fingerprint density at radius 2 is 2.31 bits per heavy atom. The summed E-state index contributed by atoms with van der Waals surface area (Å²) >= 11 is 5.04. The maximum absolute atomic E-state index is 12.3. The van der Waals surface area contributed by atoms with Gasteiger partial charge in [0, 0.05) is 30.7 Å². The van der Waals surface area contributed by atoms with Crippen molar-refractivity contribution in [3.63, 3.8) is 0 Å². The van der Waals surface area contributed by atoms with Crippen molar-refractivity contribution < 1.29 is 9.53 Å². The summed E-state index contributed by atoms with van der Waals surface area (Å²) < 4.78 is 7.39. The summed E-state index contributed by atoms with van der Waals surface area (Å²) in [7, 11) is 0. The van der Waals surface area contributed by atoms with Gasteiger partial charge in [-0.3, -0.25) is 0 Å². The van der Waals surface area contributed by atoms with E-state index in [1.807, 2.05) is 26.8 Å². The van der Waals surface area contributed by atoms with Crippen molar-refractivity contribution in [3.05, 3.63) is 21.6 Å². The van der Waals surface area contributed by atoms with Crippen LogP contribution in [0.2, 0.25) is 0 Å². The molecule has 1 aliphatic rings. The number of carbonyl (C=O) groups excluding carboxylic acids is 1. The largest absolute Gasteiger partial charge is 0.444 e. The van der Waals surface area contributed by atoms with Crippen LogP contribution in [0.5, 0.6) is 0 Å². The first-order valence-corrected chi connectivity index (χ1v) is 10.1. The van der Waals surface area contributed by atoms with Crippen LogP contribution >= 0.6 is 27.3 Å². The fourth-order valence-electron chi connectivity index (χ4n) is 2.97. The Balaban J connectivity index is 1.76. The zero-order valence-corrected chi connectivity index (χ0v) is 17.4. The van der Waals surface area contributed by atoms with Crippen LogP contribution in [0.15, 0.2) is 16.0 Å². The Hall–Kier alpha value is -1.85. The molecule has 1 atom stereocenters. The van der Waals surface area contributed by atoms with E-state index in [2.05, 4.69) is 32.3 Å². The maximum atomic E-state index is 12.3. The number of piperidine rings is 1. The van der Waals surface area contributed by atoms with E-state index in [1.54, 1.807) is 22.4 Å². The molecular weight excluding hydrogens is 416 g/mol. The van der Waals surface area contributed by atoms with E-state index in [0.717, 1.165) is 32.5 Å². The molecular formula is C18H21BrN4O2S. The molecule has 0 radical (unpaired) electrons. The monoisotopic (exact) mass is 436 g/mol. The molecule has 1 N–H and O–H groups in total. The average molecular weight is 437 g/mol. The summed E-state index contributed by atoms with van der Waals surface area (Å²) in [6, 6.07) is 4.23.